The van der Waals surface area contributed by atoms with E-state index in [0.717, 1.165) is 12.8 Å². The van der Waals surface area contributed by atoms with Crippen LogP contribution in [0, 0.1) is 28.0 Å². The van der Waals surface area contributed by atoms with E-state index < -0.39 is 11.0 Å². The third-order valence-corrected chi connectivity index (χ3v) is 5.76. The van der Waals surface area contributed by atoms with Crippen LogP contribution in [0.15, 0.2) is 18.2 Å². The van der Waals surface area contributed by atoms with Crippen LogP contribution in [0.3, 0.4) is 0 Å². The predicted molar refractivity (Wildman–Crippen MR) is 78.9 cm³/mol. The van der Waals surface area contributed by atoms with E-state index >= 15 is 0 Å². The predicted octanol–water partition coefficient (Wildman–Crippen LogP) is 4.07. The molecular formula is C18H22FNO. The zero-order valence-electron chi connectivity index (χ0n) is 12.7. The summed E-state index contributed by atoms with van der Waals surface area (Å²) in [7, 11) is 0. The molecule has 0 aliphatic heterocycles. The van der Waals surface area contributed by atoms with Gasteiger partial charge in [-0.3, -0.25) is 0 Å². The Hall–Kier alpha value is -1.40. The van der Waals surface area contributed by atoms with Gasteiger partial charge in [-0.05, 0) is 61.1 Å². The minimum Gasteiger partial charge on any atom is -0.383 e. The Balaban J connectivity index is 2.04. The zero-order valence-corrected chi connectivity index (χ0v) is 12.7. The Morgan fingerprint density at radius 1 is 1.14 bits per heavy atom. The average molecular weight is 287 g/mol. The molecule has 21 heavy (non-hydrogen) atoms. The van der Waals surface area contributed by atoms with Gasteiger partial charge in [0.1, 0.15) is 11.4 Å². The fourth-order valence-corrected chi connectivity index (χ4v) is 4.11. The second-order valence-electron chi connectivity index (χ2n) is 7.48. The van der Waals surface area contributed by atoms with Gasteiger partial charge in [0.15, 0.2) is 0 Å². The summed E-state index contributed by atoms with van der Waals surface area (Å²) in [6.45, 7) is 4.42. The molecule has 0 aromatic heterocycles. The molecule has 0 radical (unpaired) electrons. The maximum absolute atomic E-state index is 14.0. The summed E-state index contributed by atoms with van der Waals surface area (Å²) >= 11 is 0. The first-order valence-corrected chi connectivity index (χ1v) is 7.75. The quantitative estimate of drug-likeness (QED) is 0.846. The number of hydrogen-bond donors (Lipinski definition) is 1. The smallest absolute Gasteiger partial charge is 0.126 e. The molecule has 1 N–H and O–H groups in total. The van der Waals surface area contributed by atoms with Crippen LogP contribution in [0.4, 0.5) is 4.39 Å². The van der Waals surface area contributed by atoms with Crippen LogP contribution < -0.4 is 0 Å². The van der Waals surface area contributed by atoms with Crippen molar-refractivity contribution in [1.29, 1.82) is 5.26 Å². The molecule has 1 aromatic rings. The molecular weight excluding hydrogens is 265 g/mol. The lowest BCUT2D eigenvalue weighted by Crippen LogP contribution is -2.47. The van der Waals surface area contributed by atoms with Gasteiger partial charge in [0.05, 0.1) is 11.5 Å². The standard InChI is InChI=1S/C18H22FNO/c1-16(2)8-10-17(12-20,11-9-16)18(21)7-6-13-14(18)4-3-5-15(13)19/h3-5,21H,6-11H2,1-2H3. The lowest BCUT2D eigenvalue weighted by molar-refractivity contribution is -0.0900. The third-order valence-electron chi connectivity index (χ3n) is 5.76. The largest absolute Gasteiger partial charge is 0.383 e. The van der Waals surface area contributed by atoms with Crippen LogP contribution >= 0.6 is 0 Å². The molecule has 3 rings (SSSR count). The van der Waals surface area contributed by atoms with E-state index in [0.29, 0.717) is 36.8 Å². The molecule has 2 nitrogen and oxygen atoms in total. The van der Waals surface area contributed by atoms with Crippen LogP contribution in [0.25, 0.3) is 0 Å². The molecule has 1 fully saturated rings. The molecule has 0 spiro atoms. The Morgan fingerprint density at radius 2 is 1.81 bits per heavy atom. The van der Waals surface area contributed by atoms with Gasteiger partial charge in [0.2, 0.25) is 0 Å². The van der Waals surface area contributed by atoms with Crippen LogP contribution in [-0.2, 0) is 12.0 Å². The maximum Gasteiger partial charge on any atom is 0.126 e. The SMILES string of the molecule is CC1(C)CCC(C#N)(C2(O)CCc3c(F)cccc32)CC1. The number of fused-ring (bicyclic) bond motifs is 1. The first-order valence-electron chi connectivity index (χ1n) is 7.75. The molecule has 1 saturated carbocycles. The zero-order chi connectivity index (χ0) is 15.3. The highest BCUT2D eigenvalue weighted by atomic mass is 19.1. The maximum atomic E-state index is 14.0. The number of hydrogen-bond acceptors (Lipinski definition) is 2. The second-order valence-corrected chi connectivity index (χ2v) is 7.48. The van der Waals surface area contributed by atoms with Crippen LogP contribution in [-0.4, -0.2) is 5.11 Å². The van der Waals surface area contributed by atoms with Gasteiger partial charge in [-0.25, -0.2) is 4.39 Å². The fraction of sp³-hybridized carbons (Fsp3) is 0.611. The van der Waals surface area contributed by atoms with Gasteiger partial charge >= 0.3 is 0 Å². The first-order chi connectivity index (χ1) is 9.84. The molecule has 0 saturated heterocycles. The van der Waals surface area contributed by atoms with Gasteiger partial charge in [-0.15, -0.1) is 0 Å². The summed E-state index contributed by atoms with van der Waals surface area (Å²) in [6.07, 6.45) is 4.19. The third kappa shape index (κ3) is 2.00. The number of nitriles is 1. The van der Waals surface area contributed by atoms with Crippen molar-refractivity contribution in [3.63, 3.8) is 0 Å². The normalized spacial score (nSPS) is 29.7. The minimum absolute atomic E-state index is 0.222. The molecule has 2 aliphatic carbocycles. The highest BCUT2D eigenvalue weighted by molar-refractivity contribution is 5.42. The summed E-state index contributed by atoms with van der Waals surface area (Å²) < 4.78 is 14.0. The van der Waals surface area contributed by atoms with Crippen molar-refractivity contribution in [1.82, 2.24) is 0 Å². The monoisotopic (exact) mass is 287 g/mol. The van der Waals surface area contributed by atoms with Crippen molar-refractivity contribution >= 4 is 0 Å². The Kier molecular flexibility index (Phi) is 3.15. The lowest BCUT2D eigenvalue weighted by atomic mass is 9.57. The first kappa shape index (κ1) is 14.5. The second kappa shape index (κ2) is 4.55. The van der Waals surface area contributed by atoms with E-state index in [1.807, 2.05) is 0 Å². The Labute approximate surface area is 125 Å². The number of halogens is 1. The van der Waals surface area contributed by atoms with Gasteiger partial charge in [0, 0.05) is 0 Å². The topological polar surface area (TPSA) is 44.0 Å². The molecule has 0 heterocycles. The van der Waals surface area contributed by atoms with Crippen molar-refractivity contribution < 1.29 is 9.50 Å². The Morgan fingerprint density at radius 3 is 2.43 bits per heavy atom. The molecule has 2 aliphatic rings. The van der Waals surface area contributed by atoms with Crippen molar-refractivity contribution in [2.45, 2.75) is 58.0 Å². The highest BCUT2D eigenvalue weighted by Gasteiger charge is 2.57. The van der Waals surface area contributed by atoms with Crippen molar-refractivity contribution in [2.75, 3.05) is 0 Å². The fourth-order valence-electron chi connectivity index (χ4n) is 4.11. The van der Waals surface area contributed by atoms with E-state index in [1.165, 1.54) is 6.07 Å². The van der Waals surface area contributed by atoms with Gasteiger partial charge in [-0.1, -0.05) is 26.0 Å². The summed E-state index contributed by atoms with van der Waals surface area (Å²) in [4.78, 5) is 0. The Bertz CT molecular complexity index is 606. The van der Waals surface area contributed by atoms with E-state index in [9.17, 15) is 14.8 Å². The van der Waals surface area contributed by atoms with E-state index in [1.54, 1.807) is 12.1 Å². The molecule has 0 amide bonds. The molecule has 1 atom stereocenters. The van der Waals surface area contributed by atoms with Gasteiger partial charge in [-0.2, -0.15) is 5.26 Å². The van der Waals surface area contributed by atoms with E-state index in [-0.39, 0.29) is 11.2 Å². The van der Waals surface area contributed by atoms with Crippen LogP contribution in [0.5, 0.6) is 0 Å². The number of rotatable bonds is 1. The number of aliphatic hydroxyl groups is 1. The molecule has 1 unspecified atom stereocenters. The highest BCUT2D eigenvalue weighted by Crippen LogP contribution is 2.58. The molecule has 112 valence electrons. The van der Waals surface area contributed by atoms with Crippen LogP contribution in [0.2, 0.25) is 0 Å². The van der Waals surface area contributed by atoms with Crippen molar-refractivity contribution in [3.8, 4) is 6.07 Å². The van der Waals surface area contributed by atoms with E-state index in [2.05, 4.69) is 19.9 Å². The number of nitrogens with zero attached hydrogens (tertiary/aromatic N) is 1. The molecule has 1 aromatic carbocycles. The summed E-state index contributed by atoms with van der Waals surface area (Å²) in [5.41, 5.74) is -0.514. The average Bonchev–Trinajstić information content (AvgIpc) is 2.80. The minimum atomic E-state index is -1.20. The number of benzene rings is 1. The van der Waals surface area contributed by atoms with E-state index in [4.69, 9.17) is 0 Å². The summed E-state index contributed by atoms with van der Waals surface area (Å²) in [5, 5.41) is 21.2. The summed E-state index contributed by atoms with van der Waals surface area (Å²) in [5.74, 6) is -0.257. The van der Waals surface area contributed by atoms with Gasteiger partial charge < -0.3 is 5.11 Å². The molecule has 3 heteroatoms. The molecule has 0 bridgehead atoms. The van der Waals surface area contributed by atoms with Gasteiger partial charge in [0.25, 0.3) is 0 Å². The lowest BCUT2D eigenvalue weighted by Gasteiger charge is -2.47. The van der Waals surface area contributed by atoms with Crippen LogP contribution in [0.1, 0.15) is 57.1 Å². The van der Waals surface area contributed by atoms with Crippen molar-refractivity contribution in [2.24, 2.45) is 10.8 Å². The summed E-state index contributed by atoms with van der Waals surface area (Å²) in [6, 6.07) is 7.30. The van der Waals surface area contributed by atoms with Crippen molar-refractivity contribution in [3.05, 3.63) is 35.1 Å².